The number of nitrogens with one attached hydrogen (secondary N) is 2. The number of fused-ring (bicyclic) bond motifs is 6. The second-order valence-electron chi connectivity index (χ2n) is 20.2. The second kappa shape index (κ2) is 17.6. The monoisotopic (exact) mass is 952 g/mol. The molecule has 3 N–H and O–H groups in total. The van der Waals surface area contributed by atoms with Gasteiger partial charge in [0.25, 0.3) is 5.91 Å². The first kappa shape index (κ1) is 44.5. The lowest BCUT2D eigenvalue weighted by molar-refractivity contribution is -0.136. The maximum atomic E-state index is 17.3. The molecule has 17 nitrogen and oxygen atoms in total. The zero-order chi connectivity index (χ0) is 47.8. The number of nitrogens with zero attached hydrogens (tertiary/aromatic N) is 8. The highest BCUT2D eigenvalue weighted by Crippen LogP contribution is 2.44. The fraction of sp³-hybridized carbons (Fsp3) is 0.481. The number of benzene rings is 3. The molecule has 5 atom stereocenters. The lowest BCUT2D eigenvalue weighted by Gasteiger charge is -2.37. The zero-order valence-corrected chi connectivity index (χ0v) is 39.3. The molecule has 3 unspecified atom stereocenters. The van der Waals surface area contributed by atoms with Crippen LogP contribution in [0.2, 0.25) is 0 Å². The minimum Gasteiger partial charge on any atom is -0.508 e. The standard InChI is InChI=1S/C52H57FN10O7/c1-2-30-5-3-6-31-22-37(64)23-39(43(30)31)45-44(53)46-40(24-54-45)47(61-26-33-7-8-34(27-61)55-33)58-50(57-46)70-29-52-14-4-16-63(52)36(13-15-52)28-69-51(68)60-19-17-59(18-20-60)35-9-10-38-32(21-35)25-62(49(38)67)41-11-12-42(65)56-48(41)66/h3,5-6,9-10,21-24,33-34,36,41,55,64H,2,4,7-8,11-20,25-29H2,1H3,(H,56,65,66)/t33?,34?,36-,41?,52-/m0/s1. The van der Waals surface area contributed by atoms with Crippen molar-refractivity contribution in [2.45, 2.75) is 101 Å². The molecular formula is C52H57FN10O7. The van der Waals surface area contributed by atoms with Crippen LogP contribution >= 0.6 is 0 Å². The molecule has 2 bridgehead atoms. The average molecular weight is 953 g/mol. The minimum atomic E-state index is -0.666. The number of anilines is 2. The van der Waals surface area contributed by atoms with Gasteiger partial charge < -0.3 is 39.5 Å². The first-order chi connectivity index (χ1) is 34.0. The van der Waals surface area contributed by atoms with Crippen molar-refractivity contribution in [3.05, 3.63) is 77.2 Å². The molecule has 5 aromatic rings. The first-order valence-electron chi connectivity index (χ1n) is 25.0. The quantitative estimate of drug-likeness (QED) is 0.154. The largest absolute Gasteiger partial charge is 0.508 e. The highest BCUT2D eigenvalue weighted by Gasteiger charge is 2.50. The number of imide groups is 1. The van der Waals surface area contributed by atoms with Gasteiger partial charge in [-0.25, -0.2) is 9.18 Å². The highest BCUT2D eigenvalue weighted by molar-refractivity contribution is 6.06. The van der Waals surface area contributed by atoms with Crippen LogP contribution in [0.5, 0.6) is 11.8 Å². The smallest absolute Gasteiger partial charge is 0.409 e. The summed E-state index contributed by atoms with van der Waals surface area (Å²) < 4.78 is 29.9. The van der Waals surface area contributed by atoms with Gasteiger partial charge in [0.05, 0.1) is 10.9 Å². The van der Waals surface area contributed by atoms with Gasteiger partial charge in [-0.1, -0.05) is 25.1 Å². The van der Waals surface area contributed by atoms with Gasteiger partial charge in [0.2, 0.25) is 11.8 Å². The molecule has 6 saturated heterocycles. The lowest BCUT2D eigenvalue weighted by Crippen LogP contribution is -2.52. The molecule has 6 fully saturated rings. The van der Waals surface area contributed by atoms with E-state index in [1.165, 1.54) is 0 Å². The van der Waals surface area contributed by atoms with E-state index < -0.39 is 17.8 Å². The summed E-state index contributed by atoms with van der Waals surface area (Å²) in [7, 11) is 0. The molecule has 7 aliphatic rings. The van der Waals surface area contributed by atoms with Gasteiger partial charge in [0, 0.05) is 93.4 Å². The van der Waals surface area contributed by atoms with Crippen molar-refractivity contribution >= 4 is 57.0 Å². The molecule has 0 spiro atoms. The molecular weight excluding hydrogens is 896 g/mol. The average Bonchev–Trinajstić information content (AvgIpc) is 4.13. The molecule has 12 rings (SSSR count). The third kappa shape index (κ3) is 7.79. The van der Waals surface area contributed by atoms with Crippen LogP contribution in [0.4, 0.5) is 20.7 Å². The summed E-state index contributed by atoms with van der Waals surface area (Å²) in [5, 5.41) is 19.0. The van der Waals surface area contributed by atoms with Crippen molar-refractivity contribution in [1.82, 2.24) is 40.3 Å². The Balaban J connectivity index is 0.718. The lowest BCUT2D eigenvalue weighted by atomic mass is 9.95. The Morgan fingerprint density at radius 1 is 0.929 bits per heavy atom. The Kier molecular flexibility index (Phi) is 11.2. The second-order valence-corrected chi connectivity index (χ2v) is 20.2. The summed E-state index contributed by atoms with van der Waals surface area (Å²) >= 11 is 0. The number of carbonyl (C=O) groups excluding carboxylic acids is 4. The topological polar surface area (TPSA) is 186 Å². The zero-order valence-electron chi connectivity index (χ0n) is 39.3. The number of aromatic nitrogens is 3. The summed E-state index contributed by atoms with van der Waals surface area (Å²) in [5.41, 5.74) is 3.82. The Morgan fingerprint density at radius 2 is 1.76 bits per heavy atom. The van der Waals surface area contributed by atoms with E-state index in [4.69, 9.17) is 24.4 Å². The Labute approximate surface area is 404 Å². The van der Waals surface area contributed by atoms with E-state index in [0.717, 1.165) is 92.2 Å². The molecule has 4 amide bonds. The molecule has 2 aromatic heterocycles. The van der Waals surface area contributed by atoms with Crippen LogP contribution in [0.15, 0.2) is 54.7 Å². The van der Waals surface area contributed by atoms with Crippen LogP contribution in [0.1, 0.15) is 79.8 Å². The predicted molar refractivity (Wildman–Crippen MR) is 258 cm³/mol. The maximum Gasteiger partial charge on any atom is 0.409 e. The third-order valence-electron chi connectivity index (χ3n) is 16.2. The summed E-state index contributed by atoms with van der Waals surface area (Å²) in [5.74, 6) is -0.907. The van der Waals surface area contributed by atoms with E-state index in [-0.39, 0.29) is 65.5 Å². The van der Waals surface area contributed by atoms with Gasteiger partial charge in [-0.3, -0.25) is 29.6 Å². The van der Waals surface area contributed by atoms with Crippen LogP contribution < -0.4 is 25.2 Å². The molecule has 18 heteroatoms. The van der Waals surface area contributed by atoms with E-state index in [1.807, 2.05) is 36.4 Å². The summed E-state index contributed by atoms with van der Waals surface area (Å²) in [6.45, 7) is 7.37. The number of aromatic hydroxyl groups is 1. The number of piperidine rings is 1. The number of phenols is 1. The van der Waals surface area contributed by atoms with Crippen LogP contribution in [-0.4, -0.2) is 147 Å². The molecule has 7 aliphatic heterocycles. The molecule has 0 radical (unpaired) electrons. The SMILES string of the molecule is CCc1cccc2cc(O)cc(-c3ncc4c(N5CC6CCC(C5)N6)nc(OC[C@@]56CCCN5[C@H](COC(=O)N5CCN(c7ccc8c(c7)CN(C7CCC(=O)NC7=O)C8=O)CC5)CC6)nc4c3F)c12. The number of aryl methyl sites for hydroxylation is 1. The van der Waals surface area contributed by atoms with Crippen LogP contribution in [-0.2, 0) is 27.3 Å². The summed E-state index contributed by atoms with van der Waals surface area (Å²) in [6, 6.07) is 15.0. The van der Waals surface area contributed by atoms with Gasteiger partial charge in [-0.2, -0.15) is 9.97 Å². The Morgan fingerprint density at radius 3 is 2.56 bits per heavy atom. The van der Waals surface area contributed by atoms with Crippen molar-refractivity contribution in [1.29, 1.82) is 0 Å². The molecule has 3 aromatic carbocycles. The van der Waals surface area contributed by atoms with Crippen LogP contribution in [0, 0.1) is 5.82 Å². The van der Waals surface area contributed by atoms with E-state index in [0.29, 0.717) is 80.2 Å². The molecule has 9 heterocycles. The number of ether oxygens (including phenoxy) is 2. The summed E-state index contributed by atoms with van der Waals surface area (Å²) in [6.07, 6.45) is 8.26. The number of amides is 4. The van der Waals surface area contributed by atoms with Gasteiger partial charge in [0.1, 0.15) is 42.0 Å². The number of carbonyl (C=O) groups is 4. The fourth-order valence-corrected chi connectivity index (χ4v) is 12.6. The third-order valence-corrected chi connectivity index (χ3v) is 16.2. The number of pyridine rings is 1. The number of hydrogen-bond donors (Lipinski definition) is 3. The number of phenolic OH excluding ortho intramolecular Hbond substituents is 1. The van der Waals surface area contributed by atoms with Gasteiger partial charge >= 0.3 is 12.1 Å². The minimum absolute atomic E-state index is 0.0193. The van der Waals surface area contributed by atoms with Crippen LogP contribution in [0.25, 0.3) is 32.9 Å². The fourth-order valence-electron chi connectivity index (χ4n) is 12.6. The van der Waals surface area contributed by atoms with Gasteiger partial charge in [-0.05, 0) is 110 Å². The van der Waals surface area contributed by atoms with E-state index in [1.54, 1.807) is 28.1 Å². The van der Waals surface area contributed by atoms with E-state index >= 15 is 4.39 Å². The number of rotatable bonds is 10. The van der Waals surface area contributed by atoms with Crippen molar-refractivity contribution in [2.75, 3.05) is 68.8 Å². The molecule has 70 heavy (non-hydrogen) atoms. The maximum absolute atomic E-state index is 17.3. The highest BCUT2D eigenvalue weighted by atomic mass is 19.1. The van der Waals surface area contributed by atoms with E-state index in [2.05, 4.69) is 32.3 Å². The van der Waals surface area contributed by atoms with E-state index in [9.17, 15) is 24.3 Å². The Hall–Kier alpha value is -6.66. The molecule has 364 valence electrons. The van der Waals surface area contributed by atoms with Gasteiger partial charge in [-0.15, -0.1) is 0 Å². The van der Waals surface area contributed by atoms with Crippen molar-refractivity contribution in [3.8, 4) is 23.0 Å². The molecule has 0 saturated carbocycles. The van der Waals surface area contributed by atoms with Gasteiger partial charge in [0.15, 0.2) is 5.82 Å². The number of hydrogen-bond acceptors (Lipinski definition) is 14. The predicted octanol–water partition coefficient (Wildman–Crippen LogP) is 5.29. The van der Waals surface area contributed by atoms with Crippen molar-refractivity contribution in [2.24, 2.45) is 0 Å². The number of piperazine rings is 2. The first-order valence-corrected chi connectivity index (χ1v) is 25.0. The number of halogens is 1. The molecule has 0 aliphatic carbocycles. The van der Waals surface area contributed by atoms with Crippen molar-refractivity contribution in [3.63, 3.8) is 0 Å². The normalized spacial score (nSPS) is 25.5. The Bertz CT molecular complexity index is 2950. The van der Waals surface area contributed by atoms with Crippen LogP contribution in [0.3, 0.4) is 0 Å². The summed E-state index contributed by atoms with van der Waals surface area (Å²) in [4.78, 5) is 75.7. The van der Waals surface area contributed by atoms with Crippen molar-refractivity contribution < 1.29 is 38.1 Å².